The number of ketones is 1. The second kappa shape index (κ2) is 6.79. The molecular weight excluding hydrogens is 330 g/mol. The number of rotatable bonds is 4. The zero-order valence-corrected chi connectivity index (χ0v) is 15.3. The Labute approximate surface area is 160 Å². The number of benzene rings is 3. The SMILES string of the molecule is O=C1CC(N(Cc2ccccc2)C2CCc3ccccc32)c2ccccc21. The molecule has 0 spiro atoms. The van der Waals surface area contributed by atoms with Gasteiger partial charge in [0.05, 0.1) is 0 Å². The fraction of sp³-hybridized carbons (Fsp3) is 0.240. The largest absolute Gasteiger partial charge is 0.294 e. The fourth-order valence-corrected chi connectivity index (χ4v) is 4.84. The molecule has 0 N–H and O–H groups in total. The molecule has 27 heavy (non-hydrogen) atoms. The molecule has 2 heteroatoms. The van der Waals surface area contributed by atoms with Gasteiger partial charge in [-0.2, -0.15) is 0 Å². The van der Waals surface area contributed by atoms with E-state index in [4.69, 9.17) is 0 Å². The quantitative estimate of drug-likeness (QED) is 0.617. The van der Waals surface area contributed by atoms with Gasteiger partial charge in [-0.15, -0.1) is 0 Å². The number of carbonyl (C=O) groups is 1. The van der Waals surface area contributed by atoms with Crippen molar-refractivity contribution in [3.05, 3.63) is 107 Å². The lowest BCUT2D eigenvalue weighted by Crippen LogP contribution is -2.30. The van der Waals surface area contributed by atoms with Gasteiger partial charge in [-0.3, -0.25) is 9.69 Å². The molecule has 2 nitrogen and oxygen atoms in total. The summed E-state index contributed by atoms with van der Waals surface area (Å²) in [6, 6.07) is 28.1. The minimum absolute atomic E-state index is 0.157. The van der Waals surface area contributed by atoms with Crippen LogP contribution in [0.4, 0.5) is 0 Å². The smallest absolute Gasteiger partial charge is 0.165 e. The Kier molecular flexibility index (Phi) is 4.14. The highest BCUT2D eigenvalue weighted by Crippen LogP contribution is 2.45. The minimum Gasteiger partial charge on any atom is -0.294 e. The van der Waals surface area contributed by atoms with Gasteiger partial charge in [-0.25, -0.2) is 0 Å². The zero-order chi connectivity index (χ0) is 18.2. The number of hydrogen-bond donors (Lipinski definition) is 0. The van der Waals surface area contributed by atoms with Crippen molar-refractivity contribution in [1.82, 2.24) is 4.90 Å². The summed E-state index contributed by atoms with van der Waals surface area (Å²) in [6.07, 6.45) is 2.83. The molecule has 3 aromatic rings. The van der Waals surface area contributed by atoms with Crippen LogP contribution >= 0.6 is 0 Å². The maximum absolute atomic E-state index is 12.7. The fourth-order valence-electron chi connectivity index (χ4n) is 4.84. The third-order valence-corrected chi connectivity index (χ3v) is 6.11. The van der Waals surface area contributed by atoms with Gasteiger partial charge in [0, 0.05) is 30.6 Å². The van der Waals surface area contributed by atoms with E-state index in [-0.39, 0.29) is 11.8 Å². The summed E-state index contributed by atoms with van der Waals surface area (Å²) < 4.78 is 0. The summed E-state index contributed by atoms with van der Waals surface area (Å²) in [7, 11) is 0. The molecule has 5 rings (SSSR count). The number of aryl methyl sites for hydroxylation is 1. The van der Waals surface area contributed by atoms with E-state index in [1.807, 2.05) is 12.1 Å². The highest BCUT2D eigenvalue weighted by atomic mass is 16.1. The average Bonchev–Trinajstić information content (AvgIpc) is 3.29. The maximum atomic E-state index is 12.7. The van der Waals surface area contributed by atoms with Crippen molar-refractivity contribution >= 4 is 5.78 Å². The molecule has 2 aliphatic carbocycles. The molecule has 0 aromatic heterocycles. The second-order valence-electron chi connectivity index (χ2n) is 7.64. The Hall–Kier alpha value is -2.71. The molecule has 134 valence electrons. The highest BCUT2D eigenvalue weighted by Gasteiger charge is 2.38. The first-order valence-corrected chi connectivity index (χ1v) is 9.81. The normalized spacial score (nSPS) is 20.7. The standard InChI is InChI=1S/C25H23NO/c27-25-16-24(21-12-6-7-13-22(21)25)26(17-18-8-2-1-3-9-18)23-15-14-19-10-4-5-11-20(19)23/h1-13,23-24H,14-17H2. The zero-order valence-electron chi connectivity index (χ0n) is 15.3. The first-order chi connectivity index (χ1) is 13.3. The monoisotopic (exact) mass is 353 g/mol. The van der Waals surface area contributed by atoms with Crippen LogP contribution in [-0.2, 0) is 13.0 Å². The summed E-state index contributed by atoms with van der Waals surface area (Å²) in [4.78, 5) is 15.2. The first-order valence-electron chi connectivity index (χ1n) is 9.81. The maximum Gasteiger partial charge on any atom is 0.165 e. The molecule has 0 radical (unpaired) electrons. The molecule has 0 aliphatic heterocycles. The first kappa shape index (κ1) is 16.5. The van der Waals surface area contributed by atoms with E-state index in [2.05, 4.69) is 71.6 Å². The molecule has 3 aromatic carbocycles. The van der Waals surface area contributed by atoms with Crippen molar-refractivity contribution in [1.29, 1.82) is 0 Å². The third-order valence-electron chi connectivity index (χ3n) is 6.11. The van der Waals surface area contributed by atoms with Gasteiger partial charge in [-0.05, 0) is 35.1 Å². The Bertz CT molecular complexity index is 978. The number of carbonyl (C=O) groups excluding carboxylic acids is 1. The lowest BCUT2D eigenvalue weighted by molar-refractivity contribution is 0.0886. The van der Waals surface area contributed by atoms with Crippen LogP contribution in [0.15, 0.2) is 78.9 Å². The molecule has 0 heterocycles. The van der Waals surface area contributed by atoms with Crippen LogP contribution in [0.2, 0.25) is 0 Å². The molecule has 0 saturated heterocycles. The third kappa shape index (κ3) is 2.90. The minimum atomic E-state index is 0.157. The van der Waals surface area contributed by atoms with Gasteiger partial charge < -0.3 is 0 Å². The molecule has 0 bridgehead atoms. The van der Waals surface area contributed by atoms with E-state index >= 15 is 0 Å². The topological polar surface area (TPSA) is 20.3 Å². The average molecular weight is 353 g/mol. The lowest BCUT2D eigenvalue weighted by atomic mass is 10.00. The van der Waals surface area contributed by atoms with Crippen LogP contribution in [0.1, 0.15) is 57.5 Å². The Morgan fingerprint density at radius 2 is 1.48 bits per heavy atom. The van der Waals surface area contributed by atoms with Crippen molar-refractivity contribution in [3.8, 4) is 0 Å². The molecule has 2 unspecified atom stereocenters. The van der Waals surface area contributed by atoms with Crippen LogP contribution in [0.5, 0.6) is 0 Å². The molecule has 0 saturated carbocycles. The van der Waals surface area contributed by atoms with Gasteiger partial charge in [-0.1, -0.05) is 78.9 Å². The van der Waals surface area contributed by atoms with E-state index in [9.17, 15) is 4.79 Å². The summed E-state index contributed by atoms with van der Waals surface area (Å²) in [5.74, 6) is 0.278. The molecule has 0 fully saturated rings. The second-order valence-corrected chi connectivity index (χ2v) is 7.64. The van der Waals surface area contributed by atoms with Crippen LogP contribution in [-0.4, -0.2) is 10.7 Å². The summed E-state index contributed by atoms with van der Waals surface area (Å²) >= 11 is 0. The van der Waals surface area contributed by atoms with E-state index < -0.39 is 0 Å². The summed E-state index contributed by atoms with van der Waals surface area (Å²) in [5, 5.41) is 0. The van der Waals surface area contributed by atoms with Crippen molar-refractivity contribution in [3.63, 3.8) is 0 Å². The van der Waals surface area contributed by atoms with Crippen LogP contribution in [0, 0.1) is 0 Å². The number of Topliss-reactive ketones (excluding diaryl/α,β-unsaturated/α-hetero) is 1. The van der Waals surface area contributed by atoms with E-state index in [0.29, 0.717) is 12.5 Å². The predicted octanol–water partition coefficient (Wildman–Crippen LogP) is 5.50. The van der Waals surface area contributed by atoms with Gasteiger partial charge in [0.15, 0.2) is 5.78 Å². The van der Waals surface area contributed by atoms with Gasteiger partial charge in [0.2, 0.25) is 0 Å². The molecular formula is C25H23NO. The number of fused-ring (bicyclic) bond motifs is 2. The summed E-state index contributed by atoms with van der Waals surface area (Å²) in [5.41, 5.74) is 6.30. The van der Waals surface area contributed by atoms with E-state index in [0.717, 1.165) is 24.9 Å². The number of nitrogens with zero attached hydrogens (tertiary/aromatic N) is 1. The predicted molar refractivity (Wildman–Crippen MR) is 108 cm³/mol. The van der Waals surface area contributed by atoms with Gasteiger partial charge >= 0.3 is 0 Å². The van der Waals surface area contributed by atoms with Crippen molar-refractivity contribution < 1.29 is 4.79 Å². The molecule has 2 aliphatic rings. The van der Waals surface area contributed by atoms with Crippen LogP contribution in [0.3, 0.4) is 0 Å². The van der Waals surface area contributed by atoms with Gasteiger partial charge in [0.25, 0.3) is 0 Å². The Morgan fingerprint density at radius 1 is 0.778 bits per heavy atom. The lowest BCUT2D eigenvalue weighted by Gasteiger charge is -2.35. The van der Waals surface area contributed by atoms with Crippen molar-refractivity contribution in [2.45, 2.75) is 37.9 Å². The van der Waals surface area contributed by atoms with E-state index in [1.165, 1.54) is 22.3 Å². The number of hydrogen-bond acceptors (Lipinski definition) is 2. The van der Waals surface area contributed by atoms with Crippen molar-refractivity contribution in [2.24, 2.45) is 0 Å². The van der Waals surface area contributed by atoms with Crippen LogP contribution in [0.25, 0.3) is 0 Å². The van der Waals surface area contributed by atoms with E-state index in [1.54, 1.807) is 0 Å². The Balaban J connectivity index is 1.57. The molecule has 2 atom stereocenters. The summed E-state index contributed by atoms with van der Waals surface area (Å²) in [6.45, 7) is 0.867. The van der Waals surface area contributed by atoms with Gasteiger partial charge in [0.1, 0.15) is 0 Å². The molecule has 0 amide bonds. The van der Waals surface area contributed by atoms with Crippen LogP contribution < -0.4 is 0 Å². The van der Waals surface area contributed by atoms with Crippen molar-refractivity contribution in [2.75, 3.05) is 0 Å². The Morgan fingerprint density at radius 3 is 2.33 bits per heavy atom. The highest BCUT2D eigenvalue weighted by molar-refractivity contribution is 6.01.